The van der Waals surface area contributed by atoms with E-state index < -0.39 is 73.7 Å². The van der Waals surface area contributed by atoms with Gasteiger partial charge in [0.15, 0.2) is 0 Å². The number of ether oxygens (including phenoxy) is 4. The lowest BCUT2D eigenvalue weighted by Crippen LogP contribution is -2.67. The van der Waals surface area contributed by atoms with Gasteiger partial charge in [-0.25, -0.2) is 0 Å². The first-order chi connectivity index (χ1) is 14.2. The Balaban J connectivity index is 2.31. The molecule has 2 aliphatic rings. The highest BCUT2D eigenvalue weighted by atomic mass is 16.9. The van der Waals surface area contributed by atoms with Gasteiger partial charge in [-0.1, -0.05) is 0 Å². The number of amides is 1. The van der Waals surface area contributed by atoms with Gasteiger partial charge in [0.2, 0.25) is 5.91 Å². The van der Waals surface area contributed by atoms with Gasteiger partial charge in [0, 0.05) is 13.3 Å². The van der Waals surface area contributed by atoms with Crippen molar-refractivity contribution in [2.24, 2.45) is 0 Å². The average Bonchev–Trinajstić information content (AvgIpc) is 2.70. The van der Waals surface area contributed by atoms with Crippen LogP contribution in [0, 0.1) is 0 Å². The molecule has 174 valence electrons. The summed E-state index contributed by atoms with van der Waals surface area (Å²) >= 11 is 0. The molecule has 30 heavy (non-hydrogen) atoms. The van der Waals surface area contributed by atoms with Crippen molar-refractivity contribution in [2.75, 3.05) is 19.8 Å². The number of hydrogen-bond acceptors (Lipinski definition) is 12. The van der Waals surface area contributed by atoms with Crippen LogP contribution < -0.4 is 5.32 Å². The Morgan fingerprint density at radius 1 is 1.30 bits per heavy atom. The topological polar surface area (TPSA) is 204 Å². The summed E-state index contributed by atoms with van der Waals surface area (Å²) in [7, 11) is 0. The molecule has 0 aromatic rings. The maximum absolute atomic E-state index is 11.5. The van der Waals surface area contributed by atoms with E-state index in [1.807, 2.05) is 0 Å². The summed E-state index contributed by atoms with van der Waals surface area (Å²) in [6.07, 6.45) is -9.95. The zero-order chi connectivity index (χ0) is 22.5. The fourth-order valence-corrected chi connectivity index (χ4v) is 3.52. The Kier molecular flexibility index (Phi) is 8.90. The van der Waals surface area contributed by atoms with Gasteiger partial charge < -0.3 is 54.9 Å². The van der Waals surface area contributed by atoms with Crippen LogP contribution in [0.15, 0.2) is 0 Å². The molecule has 0 aromatic heterocycles. The fraction of sp³-hybridized carbons (Fsp3) is 0.882. The Morgan fingerprint density at radius 3 is 2.57 bits per heavy atom. The van der Waals surface area contributed by atoms with Gasteiger partial charge in [0.1, 0.15) is 24.4 Å². The molecule has 2 heterocycles. The molecule has 7 N–H and O–H groups in total. The second-order valence-electron chi connectivity index (χ2n) is 7.32. The predicted molar refractivity (Wildman–Crippen MR) is 94.4 cm³/mol. The smallest absolute Gasteiger partial charge is 0.332 e. The van der Waals surface area contributed by atoms with Crippen LogP contribution >= 0.6 is 0 Å². The molecule has 13 heteroatoms. The standard InChI is InChI=1S/C17H29NO12/c1-8(22)18-14-10(23)3-17(28-7-21,30-16(14)15(26)11(24)5-20)29-13-2-9(4-19)27-6-12(13)25/h7,9-16,19-20,23-26H,2-6H2,1H3,(H,18,22)/t9?,10?,11-,12?,13?,14?,15+,16?,17?/m1/s1. The molecule has 0 saturated carbocycles. The molecule has 2 rings (SSSR count). The average molecular weight is 439 g/mol. The highest BCUT2D eigenvalue weighted by Gasteiger charge is 2.55. The molecule has 9 atom stereocenters. The number of aliphatic hydroxyl groups excluding tert-OH is 6. The van der Waals surface area contributed by atoms with E-state index >= 15 is 0 Å². The van der Waals surface area contributed by atoms with Crippen LogP contribution in [0.3, 0.4) is 0 Å². The largest absolute Gasteiger partial charge is 0.410 e. The van der Waals surface area contributed by atoms with Crippen molar-refractivity contribution in [1.29, 1.82) is 0 Å². The van der Waals surface area contributed by atoms with Gasteiger partial charge >= 0.3 is 5.97 Å². The zero-order valence-corrected chi connectivity index (χ0v) is 16.4. The predicted octanol–water partition coefficient (Wildman–Crippen LogP) is -4.29. The van der Waals surface area contributed by atoms with E-state index in [4.69, 9.17) is 24.1 Å². The maximum atomic E-state index is 11.5. The molecule has 7 unspecified atom stereocenters. The zero-order valence-electron chi connectivity index (χ0n) is 16.4. The molecule has 0 spiro atoms. The molecule has 0 aliphatic carbocycles. The second kappa shape index (κ2) is 10.7. The fourth-order valence-electron chi connectivity index (χ4n) is 3.52. The summed E-state index contributed by atoms with van der Waals surface area (Å²) < 4.78 is 21.4. The van der Waals surface area contributed by atoms with Crippen molar-refractivity contribution >= 4 is 12.4 Å². The summed E-state index contributed by atoms with van der Waals surface area (Å²) in [4.78, 5) is 22.7. The lowest BCUT2D eigenvalue weighted by Gasteiger charge is -2.48. The molecule has 0 bridgehead atoms. The van der Waals surface area contributed by atoms with E-state index in [-0.39, 0.29) is 26.1 Å². The second-order valence-corrected chi connectivity index (χ2v) is 7.32. The normalized spacial score (nSPS) is 39.0. The van der Waals surface area contributed by atoms with E-state index in [2.05, 4.69) is 5.32 Å². The van der Waals surface area contributed by atoms with Crippen LogP contribution in [0.2, 0.25) is 0 Å². The summed E-state index contributed by atoms with van der Waals surface area (Å²) in [5.41, 5.74) is 0. The SMILES string of the molecule is CC(=O)NC1C(O)CC(OC=O)(OC2CC(CO)OCC2O)OC1[C@@H](O)[C@H](O)CO. The van der Waals surface area contributed by atoms with Crippen LogP contribution in [0.25, 0.3) is 0 Å². The molecule has 2 aliphatic heterocycles. The van der Waals surface area contributed by atoms with Gasteiger partial charge in [0.25, 0.3) is 6.47 Å². The Hall–Kier alpha value is -1.42. The van der Waals surface area contributed by atoms with Crippen LogP contribution in [0.1, 0.15) is 19.8 Å². The number of hydrogen-bond donors (Lipinski definition) is 7. The van der Waals surface area contributed by atoms with E-state index in [9.17, 15) is 35.1 Å². The summed E-state index contributed by atoms with van der Waals surface area (Å²) in [6.45, 7) is -0.256. The van der Waals surface area contributed by atoms with Gasteiger partial charge in [-0.05, 0) is 0 Å². The first-order valence-corrected chi connectivity index (χ1v) is 9.46. The van der Waals surface area contributed by atoms with Crippen molar-refractivity contribution in [3.05, 3.63) is 0 Å². The quantitative estimate of drug-likeness (QED) is 0.135. The molecule has 0 radical (unpaired) electrons. The van der Waals surface area contributed by atoms with E-state index in [0.29, 0.717) is 0 Å². The Bertz CT molecular complexity index is 579. The molecule has 2 saturated heterocycles. The minimum absolute atomic E-state index is 0.00268. The van der Waals surface area contributed by atoms with E-state index in [1.54, 1.807) is 0 Å². The van der Waals surface area contributed by atoms with Crippen molar-refractivity contribution in [1.82, 2.24) is 5.32 Å². The van der Waals surface area contributed by atoms with Gasteiger partial charge in [0.05, 0.1) is 50.6 Å². The van der Waals surface area contributed by atoms with Crippen LogP contribution in [-0.4, -0.2) is 118 Å². The Labute approximate surface area is 172 Å². The summed E-state index contributed by atoms with van der Waals surface area (Å²) in [5.74, 6) is -2.87. The monoisotopic (exact) mass is 439 g/mol. The lowest BCUT2D eigenvalue weighted by molar-refractivity contribution is -0.428. The van der Waals surface area contributed by atoms with Crippen LogP contribution in [0.4, 0.5) is 0 Å². The van der Waals surface area contributed by atoms with Crippen molar-refractivity contribution < 1.29 is 59.2 Å². The van der Waals surface area contributed by atoms with Crippen molar-refractivity contribution in [3.8, 4) is 0 Å². The molecular formula is C17H29NO12. The van der Waals surface area contributed by atoms with Crippen LogP contribution in [0.5, 0.6) is 0 Å². The minimum Gasteiger partial charge on any atom is -0.410 e. The minimum atomic E-state index is -2.29. The van der Waals surface area contributed by atoms with Crippen LogP contribution in [-0.2, 0) is 28.5 Å². The first-order valence-electron chi connectivity index (χ1n) is 9.46. The van der Waals surface area contributed by atoms with Crippen molar-refractivity contribution in [3.63, 3.8) is 0 Å². The number of carbonyl (C=O) groups is 2. The Morgan fingerprint density at radius 2 is 2.00 bits per heavy atom. The maximum Gasteiger partial charge on any atom is 0.332 e. The highest BCUT2D eigenvalue weighted by molar-refractivity contribution is 5.73. The molecular weight excluding hydrogens is 410 g/mol. The highest BCUT2D eigenvalue weighted by Crippen LogP contribution is 2.36. The first kappa shape index (κ1) is 24.8. The molecule has 1 amide bonds. The number of nitrogens with one attached hydrogen (secondary N) is 1. The third-order valence-corrected chi connectivity index (χ3v) is 5.02. The number of aliphatic hydroxyl groups is 6. The number of carbonyl (C=O) groups excluding carboxylic acids is 2. The third kappa shape index (κ3) is 5.84. The molecule has 2 fully saturated rings. The number of rotatable bonds is 9. The molecule has 13 nitrogen and oxygen atoms in total. The molecule has 0 aromatic carbocycles. The summed E-state index contributed by atoms with van der Waals surface area (Å²) in [5, 5.41) is 61.8. The van der Waals surface area contributed by atoms with E-state index in [1.165, 1.54) is 0 Å². The van der Waals surface area contributed by atoms with E-state index in [0.717, 1.165) is 6.92 Å². The summed E-state index contributed by atoms with van der Waals surface area (Å²) in [6, 6.07) is -1.24. The van der Waals surface area contributed by atoms with Gasteiger partial charge in [-0.15, -0.1) is 0 Å². The van der Waals surface area contributed by atoms with Gasteiger partial charge in [-0.2, -0.15) is 0 Å². The third-order valence-electron chi connectivity index (χ3n) is 5.02. The van der Waals surface area contributed by atoms with Crippen molar-refractivity contribution in [2.45, 2.75) is 74.5 Å². The van der Waals surface area contributed by atoms with Gasteiger partial charge in [-0.3, -0.25) is 9.59 Å². The lowest BCUT2D eigenvalue weighted by atomic mass is 9.91.